The van der Waals surface area contributed by atoms with Crippen LogP contribution < -0.4 is 5.32 Å². The van der Waals surface area contributed by atoms with Crippen LogP contribution in [0.3, 0.4) is 0 Å². The third-order valence-corrected chi connectivity index (χ3v) is 2.53. The highest BCUT2D eigenvalue weighted by Gasteiger charge is 2.14. The molecule has 0 aromatic heterocycles. The van der Waals surface area contributed by atoms with Gasteiger partial charge in [0.15, 0.2) is 0 Å². The Balaban J connectivity index is 2.86. The average Bonchev–Trinajstić information content (AvgIpc) is 2.31. The molecule has 98 valence electrons. The fraction of sp³-hybridized carbons (Fsp3) is 0.385. The smallest absolute Gasteiger partial charge is 0.335 e. The second-order valence-corrected chi connectivity index (χ2v) is 3.92. The fourth-order valence-electron chi connectivity index (χ4n) is 1.45. The van der Waals surface area contributed by atoms with Gasteiger partial charge in [0, 0.05) is 12.3 Å². The zero-order valence-corrected chi connectivity index (χ0v) is 10.7. The van der Waals surface area contributed by atoms with Crippen LogP contribution in [-0.2, 0) is 9.53 Å². The van der Waals surface area contributed by atoms with Crippen LogP contribution in [-0.4, -0.2) is 29.7 Å². The lowest BCUT2D eigenvalue weighted by atomic mass is 10.1. The molecule has 5 heteroatoms. The Morgan fingerprint density at radius 3 is 2.67 bits per heavy atom. The number of aryl methyl sites for hydroxylation is 1. The van der Waals surface area contributed by atoms with E-state index in [4.69, 9.17) is 9.84 Å². The zero-order valence-electron chi connectivity index (χ0n) is 10.7. The minimum absolute atomic E-state index is 0.139. The molecule has 1 unspecified atom stereocenters. The zero-order chi connectivity index (χ0) is 13.7. The molecule has 0 aliphatic rings. The second-order valence-electron chi connectivity index (χ2n) is 3.92. The summed E-state index contributed by atoms with van der Waals surface area (Å²) in [5, 5.41) is 11.6. The largest absolute Gasteiger partial charge is 0.478 e. The lowest BCUT2D eigenvalue weighted by Gasteiger charge is -2.14. The third-order valence-electron chi connectivity index (χ3n) is 2.53. The highest BCUT2D eigenvalue weighted by Crippen LogP contribution is 2.17. The number of carbonyl (C=O) groups is 2. The number of carboxylic acids is 1. The molecular formula is C13H17NO4. The molecule has 0 aliphatic heterocycles. The summed E-state index contributed by atoms with van der Waals surface area (Å²) >= 11 is 0. The van der Waals surface area contributed by atoms with E-state index in [9.17, 15) is 9.59 Å². The summed E-state index contributed by atoms with van der Waals surface area (Å²) in [6, 6.07) is 4.60. The third kappa shape index (κ3) is 3.56. The molecule has 5 nitrogen and oxygen atoms in total. The van der Waals surface area contributed by atoms with Gasteiger partial charge in [0.2, 0.25) is 0 Å². The number of nitrogens with one attached hydrogen (secondary N) is 1. The van der Waals surface area contributed by atoms with Gasteiger partial charge < -0.3 is 15.2 Å². The summed E-state index contributed by atoms with van der Waals surface area (Å²) in [4.78, 5) is 22.6. The first-order valence-corrected chi connectivity index (χ1v) is 5.72. The number of carboxylic acid groups (broad SMARTS) is 1. The van der Waals surface area contributed by atoms with Gasteiger partial charge in [-0.15, -0.1) is 0 Å². The first-order chi connectivity index (χ1) is 8.45. The number of aromatic carboxylic acids is 1. The van der Waals surface area contributed by atoms with Crippen molar-refractivity contribution in [3.8, 4) is 0 Å². The second kappa shape index (κ2) is 6.16. The molecule has 0 fully saturated rings. The van der Waals surface area contributed by atoms with Crippen molar-refractivity contribution < 1.29 is 19.4 Å². The Kier molecular flexibility index (Phi) is 4.85. The summed E-state index contributed by atoms with van der Waals surface area (Å²) in [7, 11) is 0. The van der Waals surface area contributed by atoms with E-state index in [2.05, 4.69) is 5.32 Å². The predicted molar refractivity (Wildman–Crippen MR) is 67.9 cm³/mol. The number of rotatable bonds is 5. The van der Waals surface area contributed by atoms with Crippen molar-refractivity contribution in [3.63, 3.8) is 0 Å². The van der Waals surface area contributed by atoms with E-state index in [-0.39, 0.29) is 11.5 Å². The Hall–Kier alpha value is -1.88. The molecule has 1 amide bonds. The maximum atomic E-state index is 11.8. The Labute approximate surface area is 106 Å². The Bertz CT molecular complexity index is 456. The highest BCUT2D eigenvalue weighted by molar-refractivity contribution is 5.96. The van der Waals surface area contributed by atoms with Gasteiger partial charge in [-0.2, -0.15) is 0 Å². The van der Waals surface area contributed by atoms with Crippen molar-refractivity contribution >= 4 is 17.6 Å². The number of hydrogen-bond donors (Lipinski definition) is 2. The van der Waals surface area contributed by atoms with E-state index in [1.165, 1.54) is 12.1 Å². The van der Waals surface area contributed by atoms with Gasteiger partial charge in [-0.1, -0.05) is 6.07 Å². The van der Waals surface area contributed by atoms with Gasteiger partial charge in [-0.25, -0.2) is 4.79 Å². The number of ether oxygens (including phenoxy) is 1. The molecule has 0 saturated carbocycles. The molecular weight excluding hydrogens is 234 g/mol. The molecule has 0 aliphatic carbocycles. The molecule has 0 heterocycles. The molecule has 1 aromatic carbocycles. The van der Waals surface area contributed by atoms with Crippen LogP contribution in [0.2, 0.25) is 0 Å². The molecule has 0 saturated heterocycles. The van der Waals surface area contributed by atoms with Gasteiger partial charge in [0.25, 0.3) is 5.91 Å². The van der Waals surface area contributed by atoms with E-state index >= 15 is 0 Å². The van der Waals surface area contributed by atoms with Crippen LogP contribution in [0.5, 0.6) is 0 Å². The van der Waals surface area contributed by atoms with Crippen molar-refractivity contribution in [2.75, 3.05) is 11.9 Å². The first-order valence-electron chi connectivity index (χ1n) is 5.72. The monoisotopic (exact) mass is 251 g/mol. The van der Waals surface area contributed by atoms with Crippen LogP contribution in [0.25, 0.3) is 0 Å². The van der Waals surface area contributed by atoms with Gasteiger partial charge in [-0.05, 0) is 38.5 Å². The predicted octanol–water partition coefficient (Wildman–Crippen LogP) is 2.06. The number of amides is 1. The van der Waals surface area contributed by atoms with E-state index < -0.39 is 12.1 Å². The van der Waals surface area contributed by atoms with Crippen LogP contribution in [0.1, 0.15) is 29.8 Å². The Morgan fingerprint density at radius 2 is 2.11 bits per heavy atom. The number of carbonyl (C=O) groups excluding carboxylic acids is 1. The number of anilines is 1. The summed E-state index contributed by atoms with van der Waals surface area (Å²) in [5.74, 6) is -1.31. The molecule has 1 aromatic rings. The molecule has 0 radical (unpaired) electrons. The van der Waals surface area contributed by atoms with Gasteiger partial charge in [-0.3, -0.25) is 4.79 Å². The van der Waals surface area contributed by atoms with E-state index in [0.717, 1.165) is 5.56 Å². The summed E-state index contributed by atoms with van der Waals surface area (Å²) < 4.78 is 5.17. The molecule has 2 N–H and O–H groups in total. The SMILES string of the molecule is CCOC(C)C(=O)Nc1cc(C(=O)O)ccc1C. The van der Waals surface area contributed by atoms with Crippen LogP contribution >= 0.6 is 0 Å². The standard InChI is InChI=1S/C13H17NO4/c1-4-18-9(3)12(15)14-11-7-10(13(16)17)6-5-8(11)2/h5-7,9H,4H2,1-3H3,(H,14,15)(H,16,17). The molecule has 0 spiro atoms. The summed E-state index contributed by atoms with van der Waals surface area (Å²) in [6.45, 7) is 5.70. The maximum Gasteiger partial charge on any atom is 0.335 e. The van der Waals surface area contributed by atoms with E-state index in [1.807, 2.05) is 0 Å². The van der Waals surface area contributed by atoms with Crippen molar-refractivity contribution in [2.45, 2.75) is 26.9 Å². The van der Waals surface area contributed by atoms with Crippen LogP contribution in [0.4, 0.5) is 5.69 Å². The lowest BCUT2D eigenvalue weighted by molar-refractivity contribution is -0.126. The molecule has 0 bridgehead atoms. The van der Waals surface area contributed by atoms with E-state index in [1.54, 1.807) is 26.8 Å². The lowest BCUT2D eigenvalue weighted by Crippen LogP contribution is -2.28. The van der Waals surface area contributed by atoms with Gasteiger partial charge in [0.05, 0.1) is 5.56 Å². The normalized spacial score (nSPS) is 11.9. The van der Waals surface area contributed by atoms with Crippen molar-refractivity contribution in [1.82, 2.24) is 0 Å². The highest BCUT2D eigenvalue weighted by atomic mass is 16.5. The number of benzene rings is 1. The van der Waals surface area contributed by atoms with Gasteiger partial charge >= 0.3 is 5.97 Å². The fourth-order valence-corrected chi connectivity index (χ4v) is 1.45. The summed E-state index contributed by atoms with van der Waals surface area (Å²) in [6.07, 6.45) is -0.567. The topological polar surface area (TPSA) is 75.6 Å². The maximum absolute atomic E-state index is 11.8. The van der Waals surface area contributed by atoms with Crippen LogP contribution in [0, 0.1) is 6.92 Å². The minimum Gasteiger partial charge on any atom is -0.478 e. The van der Waals surface area contributed by atoms with Crippen molar-refractivity contribution in [3.05, 3.63) is 29.3 Å². The average molecular weight is 251 g/mol. The molecule has 18 heavy (non-hydrogen) atoms. The molecule has 1 rings (SSSR count). The van der Waals surface area contributed by atoms with Crippen molar-refractivity contribution in [1.29, 1.82) is 0 Å². The van der Waals surface area contributed by atoms with Crippen molar-refractivity contribution in [2.24, 2.45) is 0 Å². The molecule has 1 atom stereocenters. The first kappa shape index (κ1) is 14.2. The van der Waals surface area contributed by atoms with Crippen LogP contribution in [0.15, 0.2) is 18.2 Å². The quantitative estimate of drug-likeness (QED) is 0.839. The minimum atomic E-state index is -1.02. The Morgan fingerprint density at radius 1 is 1.44 bits per heavy atom. The summed E-state index contributed by atoms with van der Waals surface area (Å²) in [5.41, 5.74) is 1.43. The van der Waals surface area contributed by atoms with Gasteiger partial charge in [0.1, 0.15) is 6.10 Å². The van der Waals surface area contributed by atoms with E-state index in [0.29, 0.717) is 12.3 Å². The number of hydrogen-bond acceptors (Lipinski definition) is 3.